The Morgan fingerprint density at radius 2 is 2.15 bits per heavy atom. The first-order valence-corrected chi connectivity index (χ1v) is 7.36. The van der Waals surface area contributed by atoms with Crippen LogP contribution >= 0.6 is 0 Å². The minimum Gasteiger partial charge on any atom is -0.460 e. The van der Waals surface area contributed by atoms with E-state index in [0.717, 1.165) is 19.5 Å². The lowest BCUT2D eigenvalue weighted by atomic mass is 10.2. The van der Waals surface area contributed by atoms with Crippen molar-refractivity contribution in [1.29, 1.82) is 0 Å². The molecule has 4 heteroatoms. The van der Waals surface area contributed by atoms with Gasteiger partial charge < -0.3 is 9.47 Å². The molecule has 3 atom stereocenters. The lowest BCUT2D eigenvalue weighted by Crippen LogP contribution is -2.36. The molecule has 1 aromatic rings. The molecule has 108 valence electrons. The number of epoxide rings is 1. The zero-order valence-corrected chi connectivity index (χ0v) is 11.8. The lowest BCUT2D eigenvalue weighted by Gasteiger charge is -2.23. The molecule has 0 bridgehead atoms. The molecule has 2 heterocycles. The van der Waals surface area contributed by atoms with Crippen LogP contribution in [-0.4, -0.2) is 48.8 Å². The molecule has 0 N–H and O–H groups in total. The molecule has 4 nitrogen and oxygen atoms in total. The Morgan fingerprint density at radius 1 is 1.40 bits per heavy atom. The summed E-state index contributed by atoms with van der Waals surface area (Å²) in [6, 6.07) is 9.52. The SMILES string of the molecule is CC1OC1CN1CCC[C@H]1COC(=O)c1ccccc1. The molecule has 2 saturated heterocycles. The van der Waals surface area contributed by atoms with Crippen LogP contribution in [0.25, 0.3) is 0 Å². The molecule has 0 amide bonds. The number of carbonyl (C=O) groups is 1. The van der Waals surface area contributed by atoms with E-state index in [1.165, 1.54) is 6.42 Å². The summed E-state index contributed by atoms with van der Waals surface area (Å²) in [7, 11) is 0. The fourth-order valence-corrected chi connectivity index (χ4v) is 2.81. The molecular weight excluding hydrogens is 254 g/mol. The van der Waals surface area contributed by atoms with Gasteiger partial charge in [0.25, 0.3) is 0 Å². The topological polar surface area (TPSA) is 42.1 Å². The van der Waals surface area contributed by atoms with Crippen molar-refractivity contribution in [3.05, 3.63) is 35.9 Å². The fourth-order valence-electron chi connectivity index (χ4n) is 2.81. The molecule has 2 unspecified atom stereocenters. The van der Waals surface area contributed by atoms with E-state index in [4.69, 9.17) is 9.47 Å². The van der Waals surface area contributed by atoms with Crippen LogP contribution in [-0.2, 0) is 9.47 Å². The second kappa shape index (κ2) is 5.94. The summed E-state index contributed by atoms with van der Waals surface area (Å²) in [6.07, 6.45) is 3.04. The van der Waals surface area contributed by atoms with Gasteiger partial charge in [-0.25, -0.2) is 4.79 Å². The van der Waals surface area contributed by atoms with E-state index >= 15 is 0 Å². The van der Waals surface area contributed by atoms with Gasteiger partial charge in [0, 0.05) is 12.6 Å². The van der Waals surface area contributed by atoms with E-state index in [-0.39, 0.29) is 5.97 Å². The number of hydrogen-bond donors (Lipinski definition) is 0. The quantitative estimate of drug-likeness (QED) is 0.609. The zero-order chi connectivity index (χ0) is 13.9. The highest BCUT2D eigenvalue weighted by atomic mass is 16.6. The first-order chi connectivity index (χ1) is 9.74. The Labute approximate surface area is 119 Å². The average molecular weight is 275 g/mol. The summed E-state index contributed by atoms with van der Waals surface area (Å²) < 4.78 is 10.9. The fraction of sp³-hybridized carbons (Fsp3) is 0.562. The third-order valence-corrected chi connectivity index (χ3v) is 4.17. The van der Waals surface area contributed by atoms with Crippen molar-refractivity contribution in [3.8, 4) is 0 Å². The largest absolute Gasteiger partial charge is 0.460 e. The molecule has 0 spiro atoms. The monoisotopic (exact) mass is 275 g/mol. The van der Waals surface area contributed by atoms with Gasteiger partial charge in [-0.05, 0) is 38.4 Å². The predicted molar refractivity (Wildman–Crippen MR) is 75.7 cm³/mol. The minimum atomic E-state index is -0.228. The summed E-state index contributed by atoms with van der Waals surface area (Å²) in [5.74, 6) is -0.228. The van der Waals surface area contributed by atoms with Gasteiger partial charge in [0.2, 0.25) is 0 Å². The molecule has 2 fully saturated rings. The van der Waals surface area contributed by atoms with Crippen LogP contribution in [0.2, 0.25) is 0 Å². The van der Waals surface area contributed by atoms with E-state index in [1.54, 1.807) is 12.1 Å². The first-order valence-electron chi connectivity index (χ1n) is 7.36. The van der Waals surface area contributed by atoms with Gasteiger partial charge >= 0.3 is 5.97 Å². The second-order valence-corrected chi connectivity index (χ2v) is 5.64. The van der Waals surface area contributed by atoms with Crippen LogP contribution in [0.15, 0.2) is 30.3 Å². The van der Waals surface area contributed by atoms with Crippen molar-refractivity contribution in [1.82, 2.24) is 4.90 Å². The molecule has 0 saturated carbocycles. The second-order valence-electron chi connectivity index (χ2n) is 5.64. The maximum atomic E-state index is 11.9. The molecule has 0 radical (unpaired) electrons. The maximum absolute atomic E-state index is 11.9. The van der Waals surface area contributed by atoms with Gasteiger partial charge in [-0.1, -0.05) is 18.2 Å². The molecule has 3 rings (SSSR count). The summed E-state index contributed by atoms with van der Waals surface area (Å²) in [5, 5.41) is 0. The van der Waals surface area contributed by atoms with Crippen LogP contribution in [0.1, 0.15) is 30.1 Å². The van der Waals surface area contributed by atoms with Crippen LogP contribution in [0.3, 0.4) is 0 Å². The summed E-state index contributed by atoms with van der Waals surface area (Å²) in [4.78, 5) is 14.3. The molecule has 0 aliphatic carbocycles. The normalized spacial score (nSPS) is 29.4. The van der Waals surface area contributed by atoms with Crippen molar-refractivity contribution < 1.29 is 14.3 Å². The Hall–Kier alpha value is -1.39. The summed E-state index contributed by atoms with van der Waals surface area (Å²) in [6.45, 7) is 4.63. The summed E-state index contributed by atoms with van der Waals surface area (Å²) >= 11 is 0. The number of hydrogen-bond acceptors (Lipinski definition) is 4. The predicted octanol–water partition coefficient (Wildman–Crippen LogP) is 2.10. The van der Waals surface area contributed by atoms with Gasteiger partial charge in [-0.3, -0.25) is 4.90 Å². The highest BCUT2D eigenvalue weighted by Gasteiger charge is 2.38. The van der Waals surface area contributed by atoms with E-state index < -0.39 is 0 Å². The number of likely N-dealkylation sites (tertiary alicyclic amines) is 1. The van der Waals surface area contributed by atoms with E-state index in [1.807, 2.05) is 18.2 Å². The zero-order valence-electron chi connectivity index (χ0n) is 11.8. The molecule has 2 aliphatic rings. The molecule has 1 aromatic carbocycles. The lowest BCUT2D eigenvalue weighted by molar-refractivity contribution is 0.0392. The van der Waals surface area contributed by atoms with Gasteiger partial charge in [0.1, 0.15) is 6.61 Å². The number of carbonyl (C=O) groups excluding carboxylic acids is 1. The Bertz CT molecular complexity index is 462. The number of benzene rings is 1. The first kappa shape index (κ1) is 13.6. The molecular formula is C16H21NO3. The maximum Gasteiger partial charge on any atom is 0.338 e. The summed E-state index contributed by atoms with van der Waals surface area (Å²) in [5.41, 5.74) is 0.621. The van der Waals surface area contributed by atoms with Gasteiger partial charge in [-0.2, -0.15) is 0 Å². The number of rotatable bonds is 5. The van der Waals surface area contributed by atoms with Crippen LogP contribution in [0.5, 0.6) is 0 Å². The van der Waals surface area contributed by atoms with Gasteiger partial charge in [0.05, 0.1) is 17.8 Å². The Balaban J connectivity index is 1.48. The van der Waals surface area contributed by atoms with E-state index in [0.29, 0.717) is 30.4 Å². The van der Waals surface area contributed by atoms with Crippen molar-refractivity contribution >= 4 is 5.97 Å². The molecule has 20 heavy (non-hydrogen) atoms. The van der Waals surface area contributed by atoms with E-state index in [9.17, 15) is 4.79 Å². The van der Waals surface area contributed by atoms with Crippen molar-refractivity contribution in [2.24, 2.45) is 0 Å². The third-order valence-electron chi connectivity index (χ3n) is 4.17. The van der Waals surface area contributed by atoms with Gasteiger partial charge in [-0.15, -0.1) is 0 Å². The van der Waals surface area contributed by atoms with E-state index in [2.05, 4.69) is 11.8 Å². The van der Waals surface area contributed by atoms with Gasteiger partial charge in [0.15, 0.2) is 0 Å². The highest BCUT2D eigenvalue weighted by Crippen LogP contribution is 2.26. The van der Waals surface area contributed by atoms with Crippen LogP contribution in [0, 0.1) is 0 Å². The smallest absolute Gasteiger partial charge is 0.338 e. The molecule has 0 aromatic heterocycles. The standard InChI is InChI=1S/C16H21NO3/c1-12-15(20-12)10-17-9-5-8-14(17)11-19-16(18)13-6-3-2-4-7-13/h2-4,6-7,12,14-15H,5,8-11H2,1H3/t12?,14-,15?/m0/s1. The Morgan fingerprint density at radius 3 is 2.85 bits per heavy atom. The van der Waals surface area contributed by atoms with Crippen molar-refractivity contribution in [3.63, 3.8) is 0 Å². The highest BCUT2D eigenvalue weighted by molar-refractivity contribution is 5.89. The van der Waals surface area contributed by atoms with Crippen molar-refractivity contribution in [2.45, 2.75) is 38.0 Å². The van der Waals surface area contributed by atoms with Crippen molar-refractivity contribution in [2.75, 3.05) is 19.7 Å². The number of nitrogens with zero attached hydrogens (tertiary/aromatic N) is 1. The van der Waals surface area contributed by atoms with Crippen LogP contribution in [0.4, 0.5) is 0 Å². The minimum absolute atomic E-state index is 0.228. The Kier molecular flexibility index (Phi) is 4.03. The third kappa shape index (κ3) is 3.19. The molecule has 2 aliphatic heterocycles. The number of esters is 1. The van der Waals surface area contributed by atoms with Crippen LogP contribution < -0.4 is 0 Å². The average Bonchev–Trinajstić information content (AvgIpc) is 2.99. The number of ether oxygens (including phenoxy) is 2.